The third-order valence-electron chi connectivity index (χ3n) is 2.88. The molecule has 0 amide bonds. The molecule has 0 saturated heterocycles. The van der Waals surface area contributed by atoms with Crippen LogP contribution in [0.25, 0.3) is 16.9 Å². The van der Waals surface area contributed by atoms with Crippen LogP contribution < -0.4 is 5.73 Å². The Morgan fingerprint density at radius 1 is 1.10 bits per heavy atom. The number of nitrogens with zero attached hydrogens (tertiary/aromatic N) is 2. The number of rotatable bonds is 1. The van der Waals surface area contributed by atoms with Crippen molar-refractivity contribution in [3.63, 3.8) is 0 Å². The zero-order valence-electron chi connectivity index (χ0n) is 9.87. The summed E-state index contributed by atoms with van der Waals surface area (Å²) < 4.78 is 41.0. The molecule has 102 valence electrons. The van der Waals surface area contributed by atoms with Gasteiger partial charge in [-0.25, -0.2) is 18.2 Å². The van der Waals surface area contributed by atoms with Crippen LogP contribution in [0.4, 0.5) is 19.0 Å². The van der Waals surface area contributed by atoms with Gasteiger partial charge in [0.2, 0.25) is 0 Å². The van der Waals surface area contributed by atoms with Gasteiger partial charge in [0, 0.05) is 11.8 Å². The quantitative estimate of drug-likeness (QED) is 0.697. The summed E-state index contributed by atoms with van der Waals surface area (Å²) in [7, 11) is 0. The Labute approximate surface area is 116 Å². The summed E-state index contributed by atoms with van der Waals surface area (Å²) in [4.78, 5) is 4.16. The van der Waals surface area contributed by atoms with E-state index in [0.29, 0.717) is 10.7 Å². The molecule has 2 aromatic heterocycles. The van der Waals surface area contributed by atoms with Gasteiger partial charge in [-0.2, -0.15) is 0 Å². The highest BCUT2D eigenvalue weighted by Gasteiger charge is 2.16. The van der Waals surface area contributed by atoms with Crippen molar-refractivity contribution in [1.29, 1.82) is 0 Å². The number of benzene rings is 1. The molecule has 0 fully saturated rings. The van der Waals surface area contributed by atoms with Crippen molar-refractivity contribution in [1.82, 2.24) is 9.38 Å². The summed E-state index contributed by atoms with van der Waals surface area (Å²) in [6.07, 6.45) is 1.53. The fraction of sp³-hybridized carbons (Fsp3) is 0. The largest absolute Gasteiger partial charge is 0.383 e. The van der Waals surface area contributed by atoms with Crippen LogP contribution in [-0.4, -0.2) is 9.38 Å². The van der Waals surface area contributed by atoms with Gasteiger partial charge in [-0.15, -0.1) is 0 Å². The van der Waals surface area contributed by atoms with Crippen LogP contribution in [0, 0.1) is 17.5 Å². The minimum Gasteiger partial charge on any atom is -0.383 e. The number of aromatic nitrogens is 2. The van der Waals surface area contributed by atoms with Crippen molar-refractivity contribution in [2.75, 3.05) is 5.73 Å². The van der Waals surface area contributed by atoms with E-state index in [-0.39, 0.29) is 17.1 Å². The van der Waals surface area contributed by atoms with Gasteiger partial charge in [-0.1, -0.05) is 11.6 Å². The van der Waals surface area contributed by atoms with Crippen LogP contribution in [0.2, 0.25) is 5.02 Å². The maximum absolute atomic E-state index is 13.3. The summed E-state index contributed by atoms with van der Waals surface area (Å²) in [6.45, 7) is 0. The van der Waals surface area contributed by atoms with Gasteiger partial charge in [0.1, 0.15) is 17.2 Å². The number of anilines is 1. The van der Waals surface area contributed by atoms with Gasteiger partial charge in [0.25, 0.3) is 0 Å². The Morgan fingerprint density at radius 3 is 2.40 bits per heavy atom. The molecule has 20 heavy (non-hydrogen) atoms. The monoisotopic (exact) mass is 297 g/mol. The Bertz CT molecular complexity index is 806. The lowest BCUT2D eigenvalue weighted by Crippen LogP contribution is -1.96. The zero-order valence-corrected chi connectivity index (χ0v) is 10.6. The van der Waals surface area contributed by atoms with Gasteiger partial charge in [-0.3, -0.25) is 4.40 Å². The van der Waals surface area contributed by atoms with Gasteiger partial charge in [0.05, 0.1) is 5.02 Å². The summed E-state index contributed by atoms with van der Waals surface area (Å²) >= 11 is 5.84. The second-order valence-electron chi connectivity index (χ2n) is 4.18. The van der Waals surface area contributed by atoms with E-state index in [9.17, 15) is 13.2 Å². The number of imidazole rings is 1. The Morgan fingerprint density at radius 2 is 1.75 bits per heavy atom. The first-order chi connectivity index (χ1) is 9.47. The smallest absolute Gasteiger partial charge is 0.194 e. The molecule has 0 saturated carbocycles. The molecule has 3 rings (SSSR count). The van der Waals surface area contributed by atoms with Gasteiger partial charge >= 0.3 is 0 Å². The number of nitrogen functional groups attached to an aromatic ring is 1. The van der Waals surface area contributed by atoms with Crippen LogP contribution >= 0.6 is 11.6 Å². The van der Waals surface area contributed by atoms with Crippen LogP contribution in [0.15, 0.2) is 30.5 Å². The summed E-state index contributed by atoms with van der Waals surface area (Å²) in [5.41, 5.74) is 6.56. The van der Waals surface area contributed by atoms with Crippen molar-refractivity contribution in [2.24, 2.45) is 0 Å². The molecule has 3 nitrogen and oxygen atoms in total. The summed E-state index contributed by atoms with van der Waals surface area (Å²) in [5.74, 6) is -3.96. The topological polar surface area (TPSA) is 43.3 Å². The van der Waals surface area contributed by atoms with Crippen molar-refractivity contribution in [2.45, 2.75) is 0 Å². The molecule has 2 heterocycles. The average Bonchev–Trinajstić information content (AvgIpc) is 2.73. The Kier molecular flexibility index (Phi) is 2.83. The van der Waals surface area contributed by atoms with E-state index in [0.717, 1.165) is 12.1 Å². The standard InChI is InChI=1S/C13H7ClF3N3/c14-7-1-2-10-19-12(13(18)20(10)5-7)6-3-8(15)11(17)9(16)4-6/h1-5H,18H2. The van der Waals surface area contributed by atoms with E-state index in [2.05, 4.69) is 4.98 Å². The molecule has 2 N–H and O–H groups in total. The number of hydrogen-bond donors (Lipinski definition) is 1. The Hall–Kier alpha value is -2.21. The molecule has 0 atom stereocenters. The van der Waals surface area contributed by atoms with Gasteiger partial charge in [-0.05, 0) is 24.3 Å². The first-order valence-electron chi connectivity index (χ1n) is 5.55. The second kappa shape index (κ2) is 4.42. The number of pyridine rings is 1. The first-order valence-corrected chi connectivity index (χ1v) is 5.93. The molecule has 0 spiro atoms. The molecule has 7 heteroatoms. The highest BCUT2D eigenvalue weighted by Crippen LogP contribution is 2.29. The van der Waals surface area contributed by atoms with E-state index >= 15 is 0 Å². The highest BCUT2D eigenvalue weighted by atomic mass is 35.5. The normalized spacial score (nSPS) is 11.2. The molecule has 0 unspecified atom stereocenters. The van der Waals surface area contributed by atoms with Crippen molar-refractivity contribution in [3.05, 3.63) is 52.9 Å². The minimum atomic E-state index is -1.53. The maximum atomic E-state index is 13.3. The third-order valence-corrected chi connectivity index (χ3v) is 3.10. The molecular weight excluding hydrogens is 291 g/mol. The fourth-order valence-electron chi connectivity index (χ4n) is 1.94. The van der Waals surface area contributed by atoms with E-state index in [1.807, 2.05) is 0 Å². The summed E-state index contributed by atoms with van der Waals surface area (Å²) in [5, 5.41) is 0.435. The lowest BCUT2D eigenvalue weighted by molar-refractivity contribution is 0.447. The van der Waals surface area contributed by atoms with E-state index in [1.165, 1.54) is 10.6 Å². The fourth-order valence-corrected chi connectivity index (χ4v) is 2.10. The predicted octanol–water partition coefficient (Wildman–Crippen LogP) is 3.65. The van der Waals surface area contributed by atoms with Gasteiger partial charge < -0.3 is 5.73 Å². The SMILES string of the molecule is Nc1c(-c2cc(F)c(F)c(F)c2)nc2ccc(Cl)cn12. The first kappa shape index (κ1) is 12.8. The molecule has 0 radical (unpaired) electrons. The lowest BCUT2D eigenvalue weighted by atomic mass is 10.1. The zero-order chi connectivity index (χ0) is 14.4. The van der Waals surface area contributed by atoms with Gasteiger partial charge in [0.15, 0.2) is 17.5 Å². The molecule has 0 aliphatic heterocycles. The second-order valence-corrected chi connectivity index (χ2v) is 4.61. The molecule has 0 aliphatic carbocycles. The summed E-state index contributed by atoms with van der Waals surface area (Å²) in [6, 6.07) is 4.91. The minimum absolute atomic E-state index is 0.0544. The van der Waals surface area contributed by atoms with Crippen molar-refractivity contribution < 1.29 is 13.2 Å². The molecular formula is C13H7ClF3N3. The van der Waals surface area contributed by atoms with E-state index in [4.69, 9.17) is 17.3 Å². The molecule has 0 aliphatic rings. The molecule has 3 aromatic rings. The van der Waals surface area contributed by atoms with Crippen molar-refractivity contribution in [3.8, 4) is 11.3 Å². The van der Waals surface area contributed by atoms with Crippen LogP contribution in [0.5, 0.6) is 0 Å². The Balaban J connectivity index is 2.27. The predicted molar refractivity (Wildman–Crippen MR) is 69.9 cm³/mol. The third kappa shape index (κ3) is 1.89. The van der Waals surface area contributed by atoms with E-state index in [1.54, 1.807) is 12.1 Å². The average molecular weight is 298 g/mol. The molecule has 0 bridgehead atoms. The highest BCUT2D eigenvalue weighted by molar-refractivity contribution is 6.30. The van der Waals surface area contributed by atoms with Crippen LogP contribution in [-0.2, 0) is 0 Å². The number of nitrogens with two attached hydrogens (primary N) is 1. The van der Waals surface area contributed by atoms with Crippen LogP contribution in [0.1, 0.15) is 0 Å². The van der Waals surface area contributed by atoms with E-state index < -0.39 is 17.5 Å². The lowest BCUT2D eigenvalue weighted by Gasteiger charge is -2.02. The number of hydrogen-bond acceptors (Lipinski definition) is 2. The maximum Gasteiger partial charge on any atom is 0.194 e. The number of halogens is 4. The van der Waals surface area contributed by atoms with Crippen molar-refractivity contribution >= 4 is 23.1 Å². The number of fused-ring (bicyclic) bond motifs is 1. The molecule has 1 aromatic carbocycles. The van der Waals surface area contributed by atoms with Crippen LogP contribution in [0.3, 0.4) is 0 Å².